The summed E-state index contributed by atoms with van der Waals surface area (Å²) in [4.78, 5) is 6.03. The van der Waals surface area contributed by atoms with Crippen molar-refractivity contribution in [3.8, 4) is 0 Å². The van der Waals surface area contributed by atoms with Crippen molar-refractivity contribution in [3.05, 3.63) is 11.6 Å². The van der Waals surface area contributed by atoms with Gasteiger partial charge in [-0.2, -0.15) is 0 Å². The zero-order chi connectivity index (χ0) is 9.68. The topological polar surface area (TPSA) is 45.6 Å². The second-order valence-electron chi connectivity index (χ2n) is 2.80. The van der Waals surface area contributed by atoms with Crippen LogP contribution in [0.2, 0.25) is 0 Å². The highest BCUT2D eigenvalue weighted by molar-refractivity contribution is 7.13. The molecule has 74 valence electrons. The van der Waals surface area contributed by atoms with Crippen LogP contribution in [-0.2, 0) is 4.74 Å². The van der Waals surface area contributed by atoms with E-state index >= 15 is 0 Å². The monoisotopic (exact) mass is 202 g/mol. The number of nitrogens with zero attached hydrogens (tertiary/aromatic N) is 2. The third kappa shape index (κ3) is 3.30. The molecule has 0 aliphatic rings. The number of hydrogen-bond donors (Lipinski definition) is 1. The Balaban J connectivity index is 2.37. The summed E-state index contributed by atoms with van der Waals surface area (Å²) < 4.78 is 4.83. The van der Waals surface area contributed by atoms with E-state index in [4.69, 9.17) is 4.74 Å². The first-order chi connectivity index (χ1) is 6.24. The molecule has 0 saturated carbocycles. The molecule has 0 aliphatic carbocycles. The number of methoxy groups -OCH3 is 1. The Morgan fingerprint density at radius 2 is 2.54 bits per heavy atom. The summed E-state index contributed by atoms with van der Waals surface area (Å²) in [5.74, 6) is 0. The van der Waals surface area contributed by atoms with Gasteiger partial charge in [-0.3, -0.25) is 0 Å². The molecular weight excluding hydrogens is 188 g/mol. The maximum absolute atomic E-state index is 9.43. The largest absolute Gasteiger partial charge is 0.389 e. The average Bonchev–Trinajstić information content (AvgIpc) is 2.55. The molecule has 0 fully saturated rings. The minimum Gasteiger partial charge on any atom is -0.389 e. The van der Waals surface area contributed by atoms with Crippen LogP contribution in [0.15, 0.2) is 11.6 Å². The molecule has 4 nitrogen and oxygen atoms in total. The Morgan fingerprint density at radius 3 is 3.08 bits per heavy atom. The number of likely N-dealkylation sites (N-methyl/N-ethyl adjacent to an activating group) is 1. The van der Waals surface area contributed by atoms with Gasteiger partial charge in [-0.1, -0.05) is 0 Å². The molecule has 1 rings (SSSR count). The molecule has 1 unspecified atom stereocenters. The Labute approximate surface area is 81.8 Å². The number of thiazole rings is 1. The van der Waals surface area contributed by atoms with Gasteiger partial charge in [-0.05, 0) is 0 Å². The second-order valence-corrected chi connectivity index (χ2v) is 3.68. The summed E-state index contributed by atoms with van der Waals surface area (Å²) in [5, 5.41) is 12.3. The van der Waals surface area contributed by atoms with Crippen LogP contribution in [0.1, 0.15) is 0 Å². The molecule has 5 heteroatoms. The fraction of sp³-hybridized carbons (Fsp3) is 0.625. The van der Waals surface area contributed by atoms with Gasteiger partial charge in [0.1, 0.15) is 0 Å². The van der Waals surface area contributed by atoms with E-state index in [1.54, 1.807) is 24.6 Å². The smallest absolute Gasteiger partial charge is 0.185 e. The van der Waals surface area contributed by atoms with Crippen LogP contribution in [0.5, 0.6) is 0 Å². The van der Waals surface area contributed by atoms with Crippen molar-refractivity contribution >= 4 is 16.5 Å². The lowest BCUT2D eigenvalue weighted by Crippen LogP contribution is -2.31. The lowest BCUT2D eigenvalue weighted by Gasteiger charge is -2.19. The Morgan fingerprint density at radius 1 is 1.77 bits per heavy atom. The molecule has 1 aromatic rings. The molecule has 0 bridgehead atoms. The molecule has 1 heterocycles. The van der Waals surface area contributed by atoms with Crippen LogP contribution in [0.4, 0.5) is 5.13 Å². The predicted molar refractivity (Wildman–Crippen MR) is 53.3 cm³/mol. The Bertz CT molecular complexity index is 228. The molecule has 1 atom stereocenters. The Kier molecular flexibility index (Phi) is 4.14. The van der Waals surface area contributed by atoms with Crippen molar-refractivity contribution in [1.82, 2.24) is 4.98 Å². The highest BCUT2D eigenvalue weighted by atomic mass is 32.1. The molecule has 0 radical (unpaired) electrons. The average molecular weight is 202 g/mol. The third-order valence-electron chi connectivity index (χ3n) is 1.59. The second kappa shape index (κ2) is 5.16. The third-order valence-corrected chi connectivity index (χ3v) is 2.48. The van der Waals surface area contributed by atoms with Crippen LogP contribution < -0.4 is 4.90 Å². The lowest BCUT2D eigenvalue weighted by molar-refractivity contribution is 0.0695. The van der Waals surface area contributed by atoms with Gasteiger partial charge < -0.3 is 14.7 Å². The summed E-state index contributed by atoms with van der Waals surface area (Å²) in [6, 6.07) is 0. The van der Waals surface area contributed by atoms with Crippen molar-refractivity contribution in [2.24, 2.45) is 0 Å². The van der Waals surface area contributed by atoms with Gasteiger partial charge in [0, 0.05) is 32.3 Å². The zero-order valence-corrected chi connectivity index (χ0v) is 8.62. The molecule has 0 aromatic carbocycles. The van der Waals surface area contributed by atoms with Crippen molar-refractivity contribution in [1.29, 1.82) is 0 Å². The number of aromatic nitrogens is 1. The molecule has 1 aromatic heterocycles. The van der Waals surface area contributed by atoms with E-state index in [1.807, 2.05) is 17.3 Å². The van der Waals surface area contributed by atoms with Gasteiger partial charge >= 0.3 is 0 Å². The molecule has 0 spiro atoms. The van der Waals surface area contributed by atoms with Crippen molar-refractivity contribution in [2.45, 2.75) is 6.10 Å². The summed E-state index contributed by atoms with van der Waals surface area (Å²) in [6.45, 7) is 0.900. The number of anilines is 1. The first-order valence-corrected chi connectivity index (χ1v) is 4.89. The highest BCUT2D eigenvalue weighted by Gasteiger charge is 2.09. The van der Waals surface area contributed by atoms with Gasteiger partial charge in [0.2, 0.25) is 0 Å². The van der Waals surface area contributed by atoms with Crippen LogP contribution in [-0.4, -0.2) is 43.5 Å². The van der Waals surface area contributed by atoms with Gasteiger partial charge in [0.05, 0.1) is 12.7 Å². The SMILES string of the molecule is COCC(O)CN(C)c1nccs1. The highest BCUT2D eigenvalue weighted by Crippen LogP contribution is 2.15. The minimum absolute atomic E-state index is 0.357. The number of aliphatic hydroxyl groups excluding tert-OH is 1. The van der Waals surface area contributed by atoms with Crippen LogP contribution >= 0.6 is 11.3 Å². The van der Waals surface area contributed by atoms with Gasteiger partial charge in [-0.15, -0.1) is 11.3 Å². The number of rotatable bonds is 5. The molecule has 0 aliphatic heterocycles. The standard InChI is InChI=1S/C8H14N2O2S/c1-10(5-7(11)6-12-2)8-9-3-4-13-8/h3-4,7,11H,5-6H2,1-2H3. The van der Waals surface area contributed by atoms with Crippen LogP contribution in [0.3, 0.4) is 0 Å². The number of aliphatic hydroxyl groups is 1. The summed E-state index contributed by atoms with van der Waals surface area (Å²) in [6.07, 6.45) is 1.29. The minimum atomic E-state index is -0.459. The Hall–Kier alpha value is -0.650. The van der Waals surface area contributed by atoms with Crippen molar-refractivity contribution in [2.75, 3.05) is 32.2 Å². The first-order valence-electron chi connectivity index (χ1n) is 4.01. The predicted octanol–water partition coefficient (Wildman–Crippen LogP) is 0.587. The quantitative estimate of drug-likeness (QED) is 0.759. The van der Waals surface area contributed by atoms with Gasteiger partial charge in [0.15, 0.2) is 5.13 Å². The number of ether oxygens (including phenoxy) is 1. The van der Waals surface area contributed by atoms with E-state index in [2.05, 4.69) is 4.98 Å². The molecular formula is C8H14N2O2S. The van der Waals surface area contributed by atoms with Gasteiger partial charge in [0.25, 0.3) is 0 Å². The number of hydrogen-bond acceptors (Lipinski definition) is 5. The molecule has 1 N–H and O–H groups in total. The van der Waals surface area contributed by atoms with Crippen molar-refractivity contribution in [3.63, 3.8) is 0 Å². The molecule has 0 saturated heterocycles. The summed E-state index contributed by atoms with van der Waals surface area (Å²) in [5.41, 5.74) is 0. The van der Waals surface area contributed by atoms with E-state index in [9.17, 15) is 5.11 Å². The summed E-state index contributed by atoms with van der Waals surface area (Å²) in [7, 11) is 3.48. The van der Waals surface area contributed by atoms with E-state index in [1.165, 1.54) is 0 Å². The van der Waals surface area contributed by atoms with E-state index < -0.39 is 6.10 Å². The van der Waals surface area contributed by atoms with Gasteiger partial charge in [-0.25, -0.2) is 4.98 Å². The fourth-order valence-electron chi connectivity index (χ4n) is 1.04. The van der Waals surface area contributed by atoms with E-state index in [-0.39, 0.29) is 0 Å². The first kappa shape index (κ1) is 10.4. The fourth-order valence-corrected chi connectivity index (χ4v) is 1.66. The summed E-state index contributed by atoms with van der Waals surface area (Å²) >= 11 is 1.55. The molecule has 13 heavy (non-hydrogen) atoms. The maximum atomic E-state index is 9.43. The van der Waals surface area contributed by atoms with Crippen LogP contribution in [0.25, 0.3) is 0 Å². The normalized spacial score (nSPS) is 12.8. The van der Waals surface area contributed by atoms with Crippen molar-refractivity contribution < 1.29 is 9.84 Å². The van der Waals surface area contributed by atoms with E-state index in [0.29, 0.717) is 13.2 Å². The van der Waals surface area contributed by atoms with Crippen LogP contribution in [0, 0.1) is 0 Å². The zero-order valence-electron chi connectivity index (χ0n) is 7.80. The lowest BCUT2D eigenvalue weighted by atomic mass is 10.3. The molecule has 0 amide bonds. The maximum Gasteiger partial charge on any atom is 0.185 e. The van der Waals surface area contributed by atoms with E-state index in [0.717, 1.165) is 5.13 Å².